The van der Waals surface area contributed by atoms with Gasteiger partial charge in [-0.3, -0.25) is 4.98 Å². The van der Waals surface area contributed by atoms with Crippen LogP contribution in [0, 0.1) is 0 Å². The zero-order chi connectivity index (χ0) is 14.0. The van der Waals surface area contributed by atoms with Crippen LogP contribution in [0.1, 0.15) is 60.8 Å². The molecule has 1 saturated carbocycles. The SMILES string of the molecule is CCOC(=O)c1ccc(C(C)(F)F)nc1C1CCC1. The Bertz CT molecular complexity index is 479. The van der Waals surface area contributed by atoms with Crippen molar-refractivity contribution in [1.29, 1.82) is 0 Å². The molecule has 0 saturated heterocycles. The molecule has 2 rings (SSSR count). The highest BCUT2D eigenvalue weighted by molar-refractivity contribution is 5.90. The van der Waals surface area contributed by atoms with Crippen molar-refractivity contribution in [1.82, 2.24) is 4.98 Å². The third-order valence-electron chi connectivity index (χ3n) is 3.36. The van der Waals surface area contributed by atoms with E-state index >= 15 is 0 Å². The number of aromatic nitrogens is 1. The zero-order valence-electron chi connectivity index (χ0n) is 11.1. The van der Waals surface area contributed by atoms with E-state index in [9.17, 15) is 13.6 Å². The number of nitrogens with zero attached hydrogens (tertiary/aromatic N) is 1. The van der Waals surface area contributed by atoms with Crippen molar-refractivity contribution in [3.05, 3.63) is 29.1 Å². The van der Waals surface area contributed by atoms with E-state index in [1.54, 1.807) is 6.92 Å². The molecule has 0 atom stereocenters. The predicted octanol–water partition coefficient (Wildman–Crippen LogP) is 3.64. The van der Waals surface area contributed by atoms with Crippen LogP contribution in [0.3, 0.4) is 0 Å². The van der Waals surface area contributed by atoms with Gasteiger partial charge in [0.1, 0.15) is 5.69 Å². The van der Waals surface area contributed by atoms with Gasteiger partial charge in [-0.1, -0.05) is 6.42 Å². The standard InChI is InChI=1S/C14H17F2NO2/c1-3-19-13(18)10-7-8-11(14(2,15)16)17-12(10)9-5-4-6-9/h7-9H,3-6H2,1-2H3. The van der Waals surface area contributed by atoms with Crippen LogP contribution in [-0.2, 0) is 10.7 Å². The van der Waals surface area contributed by atoms with Crippen molar-refractivity contribution in [2.75, 3.05) is 6.61 Å². The maximum atomic E-state index is 13.3. The second-order valence-corrected chi connectivity index (χ2v) is 4.87. The first-order chi connectivity index (χ1) is 8.93. The van der Waals surface area contributed by atoms with Crippen molar-refractivity contribution >= 4 is 5.97 Å². The summed E-state index contributed by atoms with van der Waals surface area (Å²) in [6.45, 7) is 2.78. The molecule has 0 spiro atoms. The monoisotopic (exact) mass is 269 g/mol. The molecule has 0 aliphatic heterocycles. The number of hydrogen-bond donors (Lipinski definition) is 0. The number of esters is 1. The molecule has 5 heteroatoms. The third kappa shape index (κ3) is 2.91. The van der Waals surface area contributed by atoms with E-state index in [4.69, 9.17) is 4.74 Å². The van der Waals surface area contributed by atoms with Crippen LogP contribution in [0.25, 0.3) is 0 Å². The highest BCUT2D eigenvalue weighted by atomic mass is 19.3. The third-order valence-corrected chi connectivity index (χ3v) is 3.36. The Morgan fingerprint density at radius 2 is 2.16 bits per heavy atom. The number of pyridine rings is 1. The first-order valence-corrected chi connectivity index (χ1v) is 6.50. The Kier molecular flexibility index (Phi) is 3.83. The van der Waals surface area contributed by atoms with E-state index < -0.39 is 11.9 Å². The average Bonchev–Trinajstić information content (AvgIpc) is 2.25. The van der Waals surface area contributed by atoms with Crippen LogP contribution in [0.2, 0.25) is 0 Å². The van der Waals surface area contributed by atoms with E-state index in [1.165, 1.54) is 12.1 Å². The molecule has 1 aromatic rings. The summed E-state index contributed by atoms with van der Waals surface area (Å²) in [7, 11) is 0. The summed E-state index contributed by atoms with van der Waals surface area (Å²) >= 11 is 0. The molecule has 0 unspecified atom stereocenters. The van der Waals surface area contributed by atoms with E-state index in [-0.39, 0.29) is 18.2 Å². The molecule has 3 nitrogen and oxygen atoms in total. The lowest BCUT2D eigenvalue weighted by Gasteiger charge is -2.27. The number of ether oxygens (including phenoxy) is 1. The molecule has 1 fully saturated rings. The highest BCUT2D eigenvalue weighted by Gasteiger charge is 2.32. The average molecular weight is 269 g/mol. The minimum absolute atomic E-state index is 0.0988. The summed E-state index contributed by atoms with van der Waals surface area (Å²) in [4.78, 5) is 15.8. The zero-order valence-corrected chi connectivity index (χ0v) is 11.1. The van der Waals surface area contributed by atoms with Crippen LogP contribution < -0.4 is 0 Å². The molecule has 1 heterocycles. The van der Waals surface area contributed by atoms with Gasteiger partial charge in [0.05, 0.1) is 17.9 Å². The molecule has 1 aromatic heterocycles. The highest BCUT2D eigenvalue weighted by Crippen LogP contribution is 2.38. The normalized spacial score (nSPS) is 16.0. The van der Waals surface area contributed by atoms with Gasteiger partial charge in [-0.2, -0.15) is 8.78 Å². The molecule has 0 radical (unpaired) electrons. The maximum Gasteiger partial charge on any atom is 0.339 e. The number of halogens is 2. The minimum atomic E-state index is -2.99. The van der Waals surface area contributed by atoms with Gasteiger partial charge in [-0.25, -0.2) is 4.79 Å². The van der Waals surface area contributed by atoms with Gasteiger partial charge in [-0.15, -0.1) is 0 Å². The van der Waals surface area contributed by atoms with Gasteiger partial charge < -0.3 is 4.74 Å². The van der Waals surface area contributed by atoms with Crippen molar-refractivity contribution in [2.45, 2.75) is 45.0 Å². The lowest BCUT2D eigenvalue weighted by Crippen LogP contribution is -2.20. The Morgan fingerprint density at radius 3 is 2.63 bits per heavy atom. The quantitative estimate of drug-likeness (QED) is 0.783. The maximum absolute atomic E-state index is 13.3. The first kappa shape index (κ1) is 13.9. The molecule has 0 aromatic carbocycles. The van der Waals surface area contributed by atoms with E-state index in [0.717, 1.165) is 26.2 Å². The summed E-state index contributed by atoms with van der Waals surface area (Å²) in [6, 6.07) is 2.61. The van der Waals surface area contributed by atoms with Crippen molar-refractivity contribution in [3.8, 4) is 0 Å². The summed E-state index contributed by atoms with van der Waals surface area (Å²) < 4.78 is 31.6. The van der Waals surface area contributed by atoms with Crippen molar-refractivity contribution in [2.24, 2.45) is 0 Å². The number of carbonyl (C=O) groups is 1. The number of rotatable bonds is 4. The fourth-order valence-corrected chi connectivity index (χ4v) is 2.09. The Labute approximate surface area is 111 Å². The smallest absolute Gasteiger partial charge is 0.339 e. The fraction of sp³-hybridized carbons (Fsp3) is 0.571. The molecule has 1 aliphatic rings. The minimum Gasteiger partial charge on any atom is -0.462 e. The molecule has 0 bridgehead atoms. The second-order valence-electron chi connectivity index (χ2n) is 4.87. The molecule has 1 aliphatic carbocycles. The summed E-state index contributed by atoms with van der Waals surface area (Å²) in [6.07, 6.45) is 2.82. The van der Waals surface area contributed by atoms with E-state index in [2.05, 4.69) is 4.98 Å². The predicted molar refractivity (Wildman–Crippen MR) is 66.4 cm³/mol. The Balaban J connectivity index is 2.40. The van der Waals surface area contributed by atoms with Crippen molar-refractivity contribution < 1.29 is 18.3 Å². The van der Waals surface area contributed by atoms with Gasteiger partial charge in [-0.05, 0) is 31.9 Å². The van der Waals surface area contributed by atoms with Gasteiger partial charge in [0.25, 0.3) is 5.92 Å². The van der Waals surface area contributed by atoms with E-state index in [0.29, 0.717) is 11.3 Å². The molecule has 0 amide bonds. The molecule has 19 heavy (non-hydrogen) atoms. The molecule has 104 valence electrons. The van der Waals surface area contributed by atoms with Gasteiger partial charge in [0, 0.05) is 12.8 Å². The number of carbonyl (C=O) groups excluding carboxylic acids is 1. The second kappa shape index (κ2) is 5.23. The Hall–Kier alpha value is -1.52. The van der Waals surface area contributed by atoms with Crippen molar-refractivity contribution in [3.63, 3.8) is 0 Å². The molecule has 0 N–H and O–H groups in total. The van der Waals surface area contributed by atoms with Crippen LogP contribution in [0.5, 0.6) is 0 Å². The fourth-order valence-electron chi connectivity index (χ4n) is 2.09. The summed E-state index contributed by atoms with van der Waals surface area (Å²) in [5.41, 5.74) is 0.491. The topological polar surface area (TPSA) is 39.2 Å². The van der Waals surface area contributed by atoms with Crippen LogP contribution >= 0.6 is 0 Å². The van der Waals surface area contributed by atoms with Crippen LogP contribution in [0.4, 0.5) is 8.78 Å². The summed E-state index contributed by atoms with van der Waals surface area (Å²) in [5.74, 6) is -3.38. The van der Waals surface area contributed by atoms with Gasteiger partial charge in [0.15, 0.2) is 0 Å². The number of alkyl halides is 2. The largest absolute Gasteiger partial charge is 0.462 e. The van der Waals surface area contributed by atoms with Gasteiger partial charge in [0.2, 0.25) is 0 Å². The lowest BCUT2D eigenvalue weighted by atomic mass is 9.81. The lowest BCUT2D eigenvalue weighted by molar-refractivity contribution is 0.0122. The Morgan fingerprint density at radius 1 is 1.47 bits per heavy atom. The number of hydrogen-bond acceptors (Lipinski definition) is 3. The first-order valence-electron chi connectivity index (χ1n) is 6.50. The van der Waals surface area contributed by atoms with Crippen LogP contribution in [0.15, 0.2) is 12.1 Å². The van der Waals surface area contributed by atoms with Crippen LogP contribution in [-0.4, -0.2) is 17.6 Å². The molecular weight excluding hydrogens is 252 g/mol. The molecular formula is C14H17F2NO2. The van der Waals surface area contributed by atoms with Gasteiger partial charge >= 0.3 is 5.97 Å². The summed E-state index contributed by atoms with van der Waals surface area (Å²) in [5, 5.41) is 0. The van der Waals surface area contributed by atoms with E-state index in [1.807, 2.05) is 0 Å².